The van der Waals surface area contributed by atoms with Crippen molar-refractivity contribution in [2.24, 2.45) is 0 Å². The molecule has 0 aromatic heterocycles. The molecule has 0 saturated heterocycles. The third-order valence-electron chi connectivity index (χ3n) is 2.26. The summed E-state index contributed by atoms with van der Waals surface area (Å²) in [7, 11) is -2.23. The standard InChI is InChI=1S/C11H15NO5S/c1-9(13)17-8-7-12(2)18(15,16)11-5-3-10(14)4-6-11/h3-6,14H,7-8H2,1-2H3. The van der Waals surface area contributed by atoms with Gasteiger partial charge in [-0.3, -0.25) is 4.79 Å². The quantitative estimate of drug-likeness (QED) is 0.793. The Kier molecular flexibility index (Phi) is 4.69. The van der Waals surface area contributed by atoms with Gasteiger partial charge in [-0.25, -0.2) is 8.42 Å². The van der Waals surface area contributed by atoms with E-state index < -0.39 is 16.0 Å². The summed E-state index contributed by atoms with van der Waals surface area (Å²) in [6.45, 7) is 1.33. The van der Waals surface area contributed by atoms with Crippen molar-refractivity contribution in [1.29, 1.82) is 0 Å². The van der Waals surface area contributed by atoms with Crippen molar-refractivity contribution in [3.63, 3.8) is 0 Å². The van der Waals surface area contributed by atoms with E-state index in [4.69, 9.17) is 5.11 Å². The van der Waals surface area contributed by atoms with Crippen molar-refractivity contribution < 1.29 is 23.1 Å². The van der Waals surface area contributed by atoms with E-state index in [0.717, 1.165) is 4.31 Å². The number of hydrogen-bond donors (Lipinski definition) is 1. The van der Waals surface area contributed by atoms with Crippen molar-refractivity contribution in [3.05, 3.63) is 24.3 Å². The number of likely N-dealkylation sites (N-methyl/N-ethyl adjacent to an activating group) is 1. The van der Waals surface area contributed by atoms with Crippen molar-refractivity contribution >= 4 is 16.0 Å². The van der Waals surface area contributed by atoms with Crippen molar-refractivity contribution in [3.8, 4) is 5.75 Å². The molecule has 6 nitrogen and oxygen atoms in total. The predicted molar refractivity (Wildman–Crippen MR) is 64.6 cm³/mol. The molecule has 0 atom stereocenters. The number of nitrogens with zero attached hydrogens (tertiary/aromatic N) is 1. The summed E-state index contributed by atoms with van der Waals surface area (Å²) in [5, 5.41) is 9.10. The molecule has 0 aliphatic rings. The zero-order valence-corrected chi connectivity index (χ0v) is 11.0. The van der Waals surface area contributed by atoms with Gasteiger partial charge < -0.3 is 9.84 Å². The highest BCUT2D eigenvalue weighted by molar-refractivity contribution is 7.89. The van der Waals surface area contributed by atoms with E-state index in [9.17, 15) is 13.2 Å². The maximum atomic E-state index is 12.0. The Morgan fingerprint density at radius 1 is 1.33 bits per heavy atom. The molecule has 0 spiro atoms. The lowest BCUT2D eigenvalue weighted by Crippen LogP contribution is -2.30. The molecule has 0 aliphatic heterocycles. The lowest BCUT2D eigenvalue weighted by molar-refractivity contribution is -0.141. The van der Waals surface area contributed by atoms with Crippen LogP contribution in [0.5, 0.6) is 5.75 Å². The van der Waals surface area contributed by atoms with Gasteiger partial charge in [0.15, 0.2) is 0 Å². The van der Waals surface area contributed by atoms with E-state index in [2.05, 4.69) is 4.74 Å². The minimum atomic E-state index is -3.62. The summed E-state index contributed by atoms with van der Waals surface area (Å²) < 4.78 is 29.8. The number of rotatable bonds is 5. The molecule has 0 unspecified atom stereocenters. The Labute approximate surface area is 106 Å². The summed E-state index contributed by atoms with van der Waals surface area (Å²) in [5.74, 6) is -0.457. The third-order valence-corrected chi connectivity index (χ3v) is 4.13. The van der Waals surface area contributed by atoms with Gasteiger partial charge in [-0.1, -0.05) is 0 Å². The average Bonchev–Trinajstić information content (AvgIpc) is 2.28. The second-order valence-electron chi connectivity index (χ2n) is 3.66. The van der Waals surface area contributed by atoms with Crippen LogP contribution in [-0.2, 0) is 19.6 Å². The monoisotopic (exact) mass is 273 g/mol. The molecule has 1 aromatic rings. The van der Waals surface area contributed by atoms with Crippen LogP contribution in [0.2, 0.25) is 0 Å². The fourth-order valence-corrected chi connectivity index (χ4v) is 2.39. The zero-order chi connectivity index (χ0) is 13.8. The first kappa shape index (κ1) is 14.5. The van der Waals surface area contributed by atoms with Crippen molar-refractivity contribution in [2.45, 2.75) is 11.8 Å². The van der Waals surface area contributed by atoms with E-state index in [1.54, 1.807) is 0 Å². The van der Waals surface area contributed by atoms with Crippen LogP contribution in [-0.4, -0.2) is 44.0 Å². The third kappa shape index (κ3) is 3.71. The molecule has 0 radical (unpaired) electrons. The molecule has 18 heavy (non-hydrogen) atoms. The van der Waals surface area contributed by atoms with Gasteiger partial charge in [0, 0.05) is 20.5 Å². The number of phenols is 1. The van der Waals surface area contributed by atoms with Gasteiger partial charge >= 0.3 is 5.97 Å². The molecular weight excluding hydrogens is 258 g/mol. The van der Waals surface area contributed by atoms with Gasteiger partial charge in [0.1, 0.15) is 12.4 Å². The van der Waals surface area contributed by atoms with Gasteiger partial charge in [-0.05, 0) is 24.3 Å². The van der Waals surface area contributed by atoms with Crippen LogP contribution in [0.25, 0.3) is 0 Å². The van der Waals surface area contributed by atoms with Crippen LogP contribution in [0.15, 0.2) is 29.2 Å². The number of carbonyl (C=O) groups is 1. The number of ether oxygens (including phenoxy) is 1. The number of carbonyl (C=O) groups excluding carboxylic acids is 1. The first-order valence-electron chi connectivity index (χ1n) is 5.23. The van der Waals surface area contributed by atoms with Crippen molar-refractivity contribution in [1.82, 2.24) is 4.31 Å². The highest BCUT2D eigenvalue weighted by atomic mass is 32.2. The van der Waals surface area contributed by atoms with Gasteiger partial charge in [0.25, 0.3) is 0 Å². The topological polar surface area (TPSA) is 83.9 Å². The maximum Gasteiger partial charge on any atom is 0.302 e. The highest BCUT2D eigenvalue weighted by Crippen LogP contribution is 2.17. The molecule has 100 valence electrons. The van der Waals surface area contributed by atoms with E-state index in [1.165, 1.54) is 38.2 Å². The molecule has 1 rings (SSSR count). The number of sulfonamides is 1. The molecular formula is C11H15NO5S. The van der Waals surface area contributed by atoms with Crippen LogP contribution in [0, 0.1) is 0 Å². The second-order valence-corrected chi connectivity index (χ2v) is 5.71. The number of phenolic OH excluding ortho intramolecular Hbond substituents is 1. The Balaban J connectivity index is 2.73. The molecule has 0 aliphatic carbocycles. The Hall–Kier alpha value is -1.60. The molecule has 0 bridgehead atoms. The van der Waals surface area contributed by atoms with Crippen LogP contribution >= 0.6 is 0 Å². The SMILES string of the molecule is CC(=O)OCCN(C)S(=O)(=O)c1ccc(O)cc1. The van der Waals surface area contributed by atoms with Crippen molar-refractivity contribution in [2.75, 3.05) is 20.2 Å². The van der Waals surface area contributed by atoms with Gasteiger partial charge in [0.2, 0.25) is 10.0 Å². The zero-order valence-electron chi connectivity index (χ0n) is 10.2. The van der Waals surface area contributed by atoms with Crippen LogP contribution in [0.4, 0.5) is 0 Å². The maximum absolute atomic E-state index is 12.0. The molecule has 7 heteroatoms. The normalized spacial score (nSPS) is 11.5. The minimum absolute atomic E-state index is 0.00312. The van der Waals surface area contributed by atoms with E-state index in [-0.39, 0.29) is 23.8 Å². The molecule has 1 N–H and O–H groups in total. The van der Waals surface area contributed by atoms with E-state index >= 15 is 0 Å². The fourth-order valence-electron chi connectivity index (χ4n) is 1.24. The van der Waals surface area contributed by atoms with Gasteiger partial charge in [0.05, 0.1) is 4.90 Å². The smallest absolute Gasteiger partial charge is 0.302 e. The van der Waals surface area contributed by atoms with Crippen LogP contribution in [0.1, 0.15) is 6.92 Å². The minimum Gasteiger partial charge on any atom is -0.508 e. The second kappa shape index (κ2) is 5.83. The Morgan fingerprint density at radius 2 is 1.89 bits per heavy atom. The van der Waals surface area contributed by atoms with Crippen LogP contribution in [0.3, 0.4) is 0 Å². The Bertz CT molecular complexity index is 509. The fraction of sp³-hybridized carbons (Fsp3) is 0.364. The van der Waals surface area contributed by atoms with Gasteiger partial charge in [-0.15, -0.1) is 0 Å². The molecule has 1 aromatic carbocycles. The molecule has 0 fully saturated rings. The lowest BCUT2D eigenvalue weighted by atomic mass is 10.3. The Morgan fingerprint density at radius 3 is 2.39 bits per heavy atom. The summed E-state index contributed by atoms with van der Waals surface area (Å²) >= 11 is 0. The largest absolute Gasteiger partial charge is 0.508 e. The molecule has 0 saturated carbocycles. The summed E-state index contributed by atoms with van der Waals surface area (Å²) in [6, 6.07) is 5.22. The average molecular weight is 273 g/mol. The predicted octanol–water partition coefficient (Wildman–Crippen LogP) is 0.576. The summed E-state index contributed by atoms with van der Waals surface area (Å²) in [4.78, 5) is 10.6. The molecule has 0 amide bonds. The lowest BCUT2D eigenvalue weighted by Gasteiger charge is -2.16. The van der Waals surface area contributed by atoms with Crippen LogP contribution < -0.4 is 0 Å². The molecule has 0 heterocycles. The first-order valence-corrected chi connectivity index (χ1v) is 6.67. The van der Waals surface area contributed by atoms with E-state index in [1.807, 2.05) is 0 Å². The van der Waals surface area contributed by atoms with Gasteiger partial charge in [-0.2, -0.15) is 4.31 Å². The number of hydrogen-bond acceptors (Lipinski definition) is 5. The summed E-state index contributed by atoms with van der Waals surface area (Å²) in [6.07, 6.45) is 0. The number of esters is 1. The summed E-state index contributed by atoms with van der Waals surface area (Å²) in [5.41, 5.74) is 0. The highest BCUT2D eigenvalue weighted by Gasteiger charge is 2.20. The number of aromatic hydroxyl groups is 1. The number of benzene rings is 1. The first-order chi connectivity index (χ1) is 8.34. The van der Waals surface area contributed by atoms with E-state index in [0.29, 0.717) is 0 Å².